The zero-order valence-electron chi connectivity index (χ0n) is 17.8. The van der Waals surface area contributed by atoms with Gasteiger partial charge in [-0.05, 0) is 48.4 Å². The zero-order valence-corrected chi connectivity index (χ0v) is 17.8. The van der Waals surface area contributed by atoms with Crippen LogP contribution in [0.15, 0.2) is 78.9 Å². The number of rotatable bonds is 9. The second kappa shape index (κ2) is 10.0. The van der Waals surface area contributed by atoms with E-state index in [1.54, 1.807) is 0 Å². The topological polar surface area (TPSA) is 50.8 Å². The van der Waals surface area contributed by atoms with E-state index in [1.165, 1.54) is 0 Å². The molecular weight excluding hydrogens is 388 g/mol. The smallest absolute Gasteiger partial charge is 0.257 e. The average molecular weight is 417 g/mol. The Balaban J connectivity index is 1.41. The number of anilines is 1. The first-order valence-electron chi connectivity index (χ1n) is 10.8. The number of nitrogens with zero attached hydrogens (tertiary/aromatic N) is 1. The van der Waals surface area contributed by atoms with Crippen molar-refractivity contribution in [2.45, 2.75) is 25.9 Å². The van der Waals surface area contributed by atoms with Crippen molar-refractivity contribution in [1.82, 2.24) is 4.90 Å². The summed E-state index contributed by atoms with van der Waals surface area (Å²) in [5, 5.41) is 3.54. The van der Waals surface area contributed by atoms with Gasteiger partial charge in [-0.15, -0.1) is 0 Å². The predicted octanol–water partition coefficient (Wildman–Crippen LogP) is 5.51. The van der Waals surface area contributed by atoms with Crippen LogP contribution in [0, 0.1) is 0 Å². The highest BCUT2D eigenvalue weighted by Gasteiger charge is 2.32. The molecule has 1 aliphatic heterocycles. The molecule has 0 spiro atoms. The molecule has 0 saturated heterocycles. The van der Waals surface area contributed by atoms with Gasteiger partial charge in [0.05, 0.1) is 5.56 Å². The SMILES string of the molecule is CCCCN1C(=O)c2ccccc2NC1c1ccc(OCCOc2ccccc2)cc1. The molecule has 31 heavy (non-hydrogen) atoms. The number of carbonyl (C=O) groups excluding carboxylic acids is 1. The lowest BCUT2D eigenvalue weighted by molar-refractivity contribution is 0.0680. The van der Waals surface area contributed by atoms with Crippen molar-refractivity contribution in [2.24, 2.45) is 0 Å². The molecule has 1 amide bonds. The minimum atomic E-state index is -0.190. The average Bonchev–Trinajstić information content (AvgIpc) is 2.82. The number of ether oxygens (including phenoxy) is 2. The van der Waals surface area contributed by atoms with Crippen LogP contribution in [0.4, 0.5) is 5.69 Å². The van der Waals surface area contributed by atoms with E-state index in [9.17, 15) is 4.79 Å². The first-order chi connectivity index (χ1) is 15.3. The van der Waals surface area contributed by atoms with Crippen molar-refractivity contribution in [3.63, 3.8) is 0 Å². The summed E-state index contributed by atoms with van der Waals surface area (Å²) < 4.78 is 11.5. The largest absolute Gasteiger partial charge is 0.490 e. The van der Waals surface area contributed by atoms with Gasteiger partial charge in [-0.3, -0.25) is 4.79 Å². The van der Waals surface area contributed by atoms with Gasteiger partial charge in [-0.1, -0.05) is 55.8 Å². The van der Waals surface area contributed by atoms with Crippen molar-refractivity contribution in [2.75, 3.05) is 25.1 Å². The lowest BCUT2D eigenvalue weighted by Crippen LogP contribution is -2.43. The molecule has 3 aromatic rings. The summed E-state index contributed by atoms with van der Waals surface area (Å²) in [6.07, 6.45) is 1.81. The highest BCUT2D eigenvalue weighted by Crippen LogP contribution is 2.33. The molecule has 0 aliphatic carbocycles. The van der Waals surface area contributed by atoms with E-state index >= 15 is 0 Å². The number of hydrogen-bond donors (Lipinski definition) is 1. The van der Waals surface area contributed by atoms with E-state index in [0.29, 0.717) is 13.2 Å². The summed E-state index contributed by atoms with van der Waals surface area (Å²) in [6.45, 7) is 3.80. The minimum Gasteiger partial charge on any atom is -0.490 e. The van der Waals surface area contributed by atoms with Crippen LogP contribution < -0.4 is 14.8 Å². The van der Waals surface area contributed by atoms with Gasteiger partial charge >= 0.3 is 0 Å². The monoisotopic (exact) mass is 416 g/mol. The molecule has 0 aromatic heterocycles. The van der Waals surface area contributed by atoms with Crippen LogP contribution in [-0.4, -0.2) is 30.6 Å². The molecule has 1 unspecified atom stereocenters. The first-order valence-corrected chi connectivity index (χ1v) is 10.8. The normalized spacial score (nSPS) is 15.2. The summed E-state index contributed by atoms with van der Waals surface area (Å²) in [6, 6.07) is 25.3. The van der Waals surface area contributed by atoms with Gasteiger partial charge < -0.3 is 19.7 Å². The fourth-order valence-corrected chi connectivity index (χ4v) is 3.70. The fourth-order valence-electron chi connectivity index (χ4n) is 3.70. The maximum atomic E-state index is 13.1. The molecule has 3 aromatic carbocycles. The Morgan fingerprint density at radius 2 is 1.48 bits per heavy atom. The number of fused-ring (bicyclic) bond motifs is 1. The minimum absolute atomic E-state index is 0.0752. The number of nitrogens with one attached hydrogen (secondary N) is 1. The maximum absolute atomic E-state index is 13.1. The van der Waals surface area contributed by atoms with Crippen LogP contribution >= 0.6 is 0 Å². The molecule has 5 heteroatoms. The fraction of sp³-hybridized carbons (Fsp3) is 0.269. The van der Waals surface area contributed by atoms with Gasteiger partial charge in [0.25, 0.3) is 5.91 Å². The van der Waals surface area contributed by atoms with Crippen LogP contribution in [0.5, 0.6) is 11.5 Å². The standard InChI is InChI=1S/C26H28N2O3/c1-2-3-17-28-25(27-24-12-8-7-11-23(24)26(28)29)20-13-15-22(16-14-20)31-19-18-30-21-9-5-4-6-10-21/h4-16,25,27H,2-3,17-19H2,1H3. The Morgan fingerprint density at radius 3 is 2.19 bits per heavy atom. The van der Waals surface area contributed by atoms with Crippen LogP contribution in [-0.2, 0) is 0 Å². The Morgan fingerprint density at radius 1 is 0.839 bits per heavy atom. The molecule has 5 nitrogen and oxygen atoms in total. The van der Waals surface area contributed by atoms with Gasteiger partial charge in [0.1, 0.15) is 30.9 Å². The summed E-state index contributed by atoms with van der Waals surface area (Å²) >= 11 is 0. The summed E-state index contributed by atoms with van der Waals surface area (Å²) in [4.78, 5) is 15.0. The molecule has 1 N–H and O–H groups in total. The molecule has 1 atom stereocenters. The zero-order chi connectivity index (χ0) is 21.5. The van der Waals surface area contributed by atoms with Crippen LogP contribution in [0.1, 0.15) is 41.9 Å². The molecule has 160 valence electrons. The quantitative estimate of drug-likeness (QED) is 0.467. The Hall–Kier alpha value is -3.47. The van der Waals surface area contributed by atoms with Crippen LogP contribution in [0.2, 0.25) is 0 Å². The predicted molar refractivity (Wildman–Crippen MR) is 123 cm³/mol. The number of carbonyl (C=O) groups is 1. The Bertz CT molecular complexity index is 989. The van der Waals surface area contributed by atoms with Gasteiger partial charge in [-0.2, -0.15) is 0 Å². The molecule has 0 fully saturated rings. The van der Waals surface area contributed by atoms with Crippen molar-refractivity contribution < 1.29 is 14.3 Å². The number of unbranched alkanes of at least 4 members (excludes halogenated alkanes) is 1. The third kappa shape index (κ3) is 5.00. The van der Waals surface area contributed by atoms with Gasteiger partial charge in [0.2, 0.25) is 0 Å². The number of hydrogen-bond acceptors (Lipinski definition) is 4. The van der Waals surface area contributed by atoms with Gasteiger partial charge in [-0.25, -0.2) is 0 Å². The molecule has 0 radical (unpaired) electrons. The second-order valence-corrected chi connectivity index (χ2v) is 7.52. The van der Waals surface area contributed by atoms with E-state index in [2.05, 4.69) is 12.2 Å². The van der Waals surface area contributed by atoms with Crippen molar-refractivity contribution in [1.29, 1.82) is 0 Å². The summed E-state index contributed by atoms with van der Waals surface area (Å²) in [5.41, 5.74) is 2.64. The molecule has 1 heterocycles. The van der Waals surface area contributed by atoms with E-state index in [-0.39, 0.29) is 12.1 Å². The third-order valence-electron chi connectivity index (χ3n) is 5.33. The number of amides is 1. The van der Waals surface area contributed by atoms with Crippen LogP contribution in [0.3, 0.4) is 0 Å². The lowest BCUT2D eigenvalue weighted by Gasteiger charge is -2.38. The van der Waals surface area contributed by atoms with Crippen molar-refractivity contribution >= 4 is 11.6 Å². The highest BCUT2D eigenvalue weighted by atomic mass is 16.5. The summed E-state index contributed by atoms with van der Waals surface area (Å²) in [7, 11) is 0. The summed E-state index contributed by atoms with van der Waals surface area (Å²) in [5.74, 6) is 1.69. The van der Waals surface area contributed by atoms with E-state index in [1.807, 2.05) is 83.8 Å². The third-order valence-corrected chi connectivity index (χ3v) is 5.33. The van der Waals surface area contributed by atoms with Gasteiger partial charge in [0.15, 0.2) is 0 Å². The van der Waals surface area contributed by atoms with Crippen molar-refractivity contribution in [3.05, 3.63) is 90.0 Å². The maximum Gasteiger partial charge on any atom is 0.257 e. The van der Waals surface area contributed by atoms with Gasteiger partial charge in [0, 0.05) is 12.2 Å². The van der Waals surface area contributed by atoms with E-state index in [0.717, 1.165) is 47.7 Å². The molecule has 4 rings (SSSR count). The molecule has 0 saturated carbocycles. The number of para-hydroxylation sites is 2. The van der Waals surface area contributed by atoms with Crippen LogP contribution in [0.25, 0.3) is 0 Å². The second-order valence-electron chi connectivity index (χ2n) is 7.52. The Labute approximate surface area is 183 Å². The molecular formula is C26H28N2O3. The Kier molecular flexibility index (Phi) is 6.72. The van der Waals surface area contributed by atoms with Crippen molar-refractivity contribution in [3.8, 4) is 11.5 Å². The molecule has 0 bridgehead atoms. The van der Waals surface area contributed by atoms with E-state index in [4.69, 9.17) is 9.47 Å². The highest BCUT2D eigenvalue weighted by molar-refractivity contribution is 6.01. The molecule has 1 aliphatic rings. The first kappa shape index (κ1) is 20.8. The lowest BCUT2D eigenvalue weighted by atomic mass is 10.0. The number of benzene rings is 3. The van der Waals surface area contributed by atoms with E-state index < -0.39 is 0 Å².